The molecule has 10 heteroatoms. The first kappa shape index (κ1) is 18.4. The number of aromatic carboxylic acids is 1. The highest BCUT2D eigenvalue weighted by Gasteiger charge is 2.27. The van der Waals surface area contributed by atoms with Gasteiger partial charge in [-0.3, -0.25) is 10.1 Å². The Morgan fingerprint density at radius 1 is 1.24 bits per heavy atom. The van der Waals surface area contributed by atoms with E-state index in [0.29, 0.717) is 5.69 Å². The summed E-state index contributed by atoms with van der Waals surface area (Å²) < 4.78 is 23.7. The maximum Gasteiger partial charge on any atom is 0.335 e. The third kappa shape index (κ3) is 3.92. The third-order valence-electron chi connectivity index (χ3n) is 3.47. The average Bonchev–Trinajstić information content (AvgIpc) is 2.48. The molecule has 2 aromatic rings. The molecule has 4 N–H and O–H groups in total. The summed E-state index contributed by atoms with van der Waals surface area (Å²) in [5.74, 6) is -1.51. The minimum Gasteiger partial charge on any atom is -0.478 e. The molecule has 0 aliphatic rings. The molecular weight excluding hydrogens is 350 g/mol. The van der Waals surface area contributed by atoms with Gasteiger partial charge in [-0.15, -0.1) is 0 Å². The van der Waals surface area contributed by atoms with Crippen molar-refractivity contribution in [1.29, 1.82) is 0 Å². The Balaban J connectivity index is 2.77. The van der Waals surface area contributed by atoms with Crippen LogP contribution in [0.3, 0.4) is 0 Å². The van der Waals surface area contributed by atoms with E-state index in [1.807, 2.05) is 6.92 Å². The standard InChI is InChI=1S/C15H15N3O6S/c1-8-3-4-11(9(2)5-8)17-14-12(18(21)22)6-10(15(19)20)7-13(14)25(16,23)24/h3-7,17H,1-2H3,(H,19,20)(H2,16,23,24). The minimum atomic E-state index is -4.42. The van der Waals surface area contributed by atoms with Gasteiger partial charge in [0.25, 0.3) is 5.69 Å². The lowest BCUT2D eigenvalue weighted by molar-refractivity contribution is -0.384. The fourth-order valence-corrected chi connectivity index (χ4v) is 3.04. The number of aryl methyl sites for hydroxylation is 2. The molecule has 0 spiro atoms. The molecule has 0 aliphatic carbocycles. The van der Waals surface area contributed by atoms with Crippen molar-refractivity contribution in [2.45, 2.75) is 18.7 Å². The van der Waals surface area contributed by atoms with Crippen LogP contribution >= 0.6 is 0 Å². The van der Waals surface area contributed by atoms with Gasteiger partial charge in [0.05, 0.1) is 10.5 Å². The van der Waals surface area contributed by atoms with Crippen LogP contribution in [-0.2, 0) is 10.0 Å². The number of nitro groups is 1. The number of nitrogens with one attached hydrogen (secondary N) is 1. The fourth-order valence-electron chi connectivity index (χ4n) is 2.31. The zero-order chi connectivity index (χ0) is 18.9. The number of benzene rings is 2. The summed E-state index contributed by atoms with van der Waals surface area (Å²) in [6.45, 7) is 3.60. The predicted molar refractivity (Wildman–Crippen MR) is 90.6 cm³/mol. The molecule has 0 aromatic heterocycles. The number of nitrogens with two attached hydrogens (primary N) is 1. The summed E-state index contributed by atoms with van der Waals surface area (Å²) in [6.07, 6.45) is 0. The highest BCUT2D eigenvalue weighted by molar-refractivity contribution is 7.89. The van der Waals surface area contributed by atoms with Crippen molar-refractivity contribution in [2.24, 2.45) is 5.14 Å². The van der Waals surface area contributed by atoms with Crippen LogP contribution in [0.2, 0.25) is 0 Å². The molecule has 2 aromatic carbocycles. The number of primary sulfonamides is 1. The zero-order valence-corrected chi connectivity index (χ0v) is 14.1. The first-order valence-corrected chi connectivity index (χ1v) is 8.48. The van der Waals surface area contributed by atoms with Crippen molar-refractivity contribution >= 4 is 33.1 Å². The second-order valence-electron chi connectivity index (χ2n) is 5.42. The number of nitrogens with zero attached hydrogens (tertiary/aromatic N) is 1. The van der Waals surface area contributed by atoms with Gasteiger partial charge in [-0.05, 0) is 31.5 Å². The molecule has 132 valence electrons. The van der Waals surface area contributed by atoms with E-state index in [1.54, 1.807) is 25.1 Å². The van der Waals surface area contributed by atoms with Gasteiger partial charge in [0.15, 0.2) is 0 Å². The van der Waals surface area contributed by atoms with Gasteiger partial charge in [-0.1, -0.05) is 17.7 Å². The summed E-state index contributed by atoms with van der Waals surface area (Å²) >= 11 is 0. The van der Waals surface area contributed by atoms with Crippen molar-refractivity contribution in [3.05, 3.63) is 57.1 Å². The zero-order valence-electron chi connectivity index (χ0n) is 13.3. The molecule has 0 saturated heterocycles. The Labute approximate surface area is 143 Å². The van der Waals surface area contributed by atoms with E-state index in [1.165, 1.54) is 0 Å². The monoisotopic (exact) mass is 365 g/mol. The molecule has 0 fully saturated rings. The summed E-state index contributed by atoms with van der Waals surface area (Å²) in [7, 11) is -4.42. The Morgan fingerprint density at radius 2 is 1.88 bits per heavy atom. The second kappa shape index (κ2) is 6.49. The molecule has 0 unspecified atom stereocenters. The first-order chi connectivity index (χ1) is 11.5. The van der Waals surface area contributed by atoms with Gasteiger partial charge < -0.3 is 10.4 Å². The van der Waals surface area contributed by atoms with Gasteiger partial charge in [-0.2, -0.15) is 0 Å². The minimum absolute atomic E-state index is 0.385. The molecule has 2 rings (SSSR count). The average molecular weight is 365 g/mol. The Bertz CT molecular complexity index is 985. The van der Waals surface area contributed by atoms with Crippen molar-refractivity contribution in [2.75, 3.05) is 5.32 Å². The van der Waals surface area contributed by atoms with Gasteiger partial charge in [0.2, 0.25) is 10.0 Å². The van der Waals surface area contributed by atoms with Crippen LogP contribution in [0, 0.1) is 24.0 Å². The van der Waals surface area contributed by atoms with Crippen LogP contribution < -0.4 is 10.5 Å². The lowest BCUT2D eigenvalue weighted by atomic mass is 10.1. The van der Waals surface area contributed by atoms with E-state index in [4.69, 9.17) is 10.2 Å². The molecule has 25 heavy (non-hydrogen) atoms. The van der Waals surface area contributed by atoms with Crippen molar-refractivity contribution in [3.63, 3.8) is 0 Å². The van der Waals surface area contributed by atoms with E-state index in [-0.39, 0.29) is 5.69 Å². The Kier molecular flexibility index (Phi) is 4.77. The molecule has 0 aliphatic heterocycles. The summed E-state index contributed by atoms with van der Waals surface area (Å²) in [5.41, 5.74) is 0.458. The lowest BCUT2D eigenvalue weighted by Gasteiger charge is -2.14. The smallest absolute Gasteiger partial charge is 0.335 e. The number of rotatable bonds is 5. The maximum absolute atomic E-state index is 11.9. The molecular formula is C15H15N3O6S. The Hall–Kier alpha value is -2.98. The highest BCUT2D eigenvalue weighted by Crippen LogP contribution is 2.36. The van der Waals surface area contributed by atoms with Gasteiger partial charge in [-0.25, -0.2) is 18.4 Å². The van der Waals surface area contributed by atoms with Crippen molar-refractivity contribution < 1.29 is 23.2 Å². The molecule has 0 saturated carbocycles. The van der Waals surface area contributed by atoms with E-state index < -0.39 is 37.1 Å². The first-order valence-electron chi connectivity index (χ1n) is 6.93. The molecule has 0 heterocycles. The third-order valence-corrected chi connectivity index (χ3v) is 4.41. The predicted octanol–water partition coefficient (Wildman–Crippen LogP) is 2.30. The van der Waals surface area contributed by atoms with Gasteiger partial charge in [0.1, 0.15) is 10.6 Å². The normalized spacial score (nSPS) is 11.2. The molecule has 9 nitrogen and oxygen atoms in total. The number of hydrogen-bond acceptors (Lipinski definition) is 6. The fraction of sp³-hybridized carbons (Fsp3) is 0.133. The number of carboxylic acid groups (broad SMARTS) is 1. The maximum atomic E-state index is 11.9. The summed E-state index contributed by atoms with van der Waals surface area (Å²) in [4.78, 5) is 20.9. The SMILES string of the molecule is Cc1ccc(Nc2c([N+](=O)[O-])cc(C(=O)O)cc2S(N)(=O)=O)c(C)c1. The molecule has 0 bridgehead atoms. The van der Waals surface area contributed by atoms with Crippen LogP contribution in [0.1, 0.15) is 21.5 Å². The van der Waals surface area contributed by atoms with Crippen LogP contribution in [-0.4, -0.2) is 24.4 Å². The topological polar surface area (TPSA) is 153 Å². The highest BCUT2D eigenvalue weighted by atomic mass is 32.2. The number of hydrogen-bond donors (Lipinski definition) is 3. The van der Waals surface area contributed by atoms with Crippen molar-refractivity contribution in [3.8, 4) is 0 Å². The van der Waals surface area contributed by atoms with Crippen LogP contribution in [0.15, 0.2) is 35.2 Å². The Morgan fingerprint density at radius 3 is 2.36 bits per heavy atom. The number of anilines is 2. The molecule has 0 radical (unpaired) electrons. The van der Waals surface area contributed by atoms with E-state index in [9.17, 15) is 23.3 Å². The van der Waals surface area contributed by atoms with E-state index >= 15 is 0 Å². The molecule has 0 atom stereocenters. The van der Waals surface area contributed by atoms with Crippen LogP contribution in [0.5, 0.6) is 0 Å². The van der Waals surface area contributed by atoms with Crippen molar-refractivity contribution in [1.82, 2.24) is 0 Å². The number of sulfonamides is 1. The lowest BCUT2D eigenvalue weighted by Crippen LogP contribution is -2.16. The van der Waals surface area contributed by atoms with E-state index in [2.05, 4.69) is 5.32 Å². The largest absolute Gasteiger partial charge is 0.478 e. The summed E-state index contributed by atoms with van der Waals surface area (Å²) in [6, 6.07) is 6.74. The van der Waals surface area contributed by atoms with E-state index in [0.717, 1.165) is 23.3 Å². The number of carboxylic acids is 1. The van der Waals surface area contributed by atoms with Gasteiger partial charge in [0, 0.05) is 11.8 Å². The number of nitro benzene ring substituents is 1. The quantitative estimate of drug-likeness (QED) is 0.543. The second-order valence-corrected chi connectivity index (χ2v) is 6.95. The molecule has 0 amide bonds. The van der Waals surface area contributed by atoms with Crippen LogP contribution in [0.25, 0.3) is 0 Å². The van der Waals surface area contributed by atoms with Gasteiger partial charge >= 0.3 is 5.97 Å². The number of carbonyl (C=O) groups is 1. The van der Waals surface area contributed by atoms with Crippen LogP contribution in [0.4, 0.5) is 17.1 Å². The summed E-state index contributed by atoms with van der Waals surface area (Å²) in [5, 5.41) is 28.2.